The molecule has 0 aliphatic carbocycles. The molecule has 0 radical (unpaired) electrons. The zero-order chi connectivity index (χ0) is 26.6. The van der Waals surface area contributed by atoms with Crippen molar-refractivity contribution in [2.24, 2.45) is 11.8 Å². The Morgan fingerprint density at radius 1 is 1.14 bits per heavy atom. The Morgan fingerprint density at radius 2 is 1.84 bits per heavy atom. The summed E-state index contributed by atoms with van der Waals surface area (Å²) in [6, 6.07) is 13.3. The average Bonchev–Trinajstić information content (AvgIpc) is 3.41. The lowest BCUT2D eigenvalue weighted by atomic mass is 9.65. The van der Waals surface area contributed by atoms with Gasteiger partial charge in [-0.3, -0.25) is 9.59 Å². The van der Waals surface area contributed by atoms with E-state index < -0.39 is 64.9 Å². The van der Waals surface area contributed by atoms with Crippen LogP contribution >= 0.6 is 0 Å². The van der Waals surface area contributed by atoms with Gasteiger partial charge in [0.15, 0.2) is 0 Å². The van der Waals surface area contributed by atoms with Crippen LogP contribution in [0.15, 0.2) is 48.5 Å². The van der Waals surface area contributed by atoms with E-state index >= 15 is 0 Å². The summed E-state index contributed by atoms with van der Waals surface area (Å²) in [6.45, 7) is -0.429. The van der Waals surface area contributed by atoms with Crippen molar-refractivity contribution in [3.8, 4) is 6.07 Å². The molecule has 2 bridgehead atoms. The van der Waals surface area contributed by atoms with Crippen LogP contribution in [0.4, 0.5) is 18.9 Å². The standard InChI is InChI=1S/C26H23F3N2O6/c27-26(28,29)18-10-17(7-6-16(18)12-30)31-22(34)20-21(23(31)35)25(8-9-32)19(33)11-24(20,37-25)14-36-13-15-4-2-1-3-5-15/h1-7,10,19-21,32-33H,8-9,11,13-14H2/t19-,20+,21-,24-,25-/m0/s1. The third-order valence-electron chi connectivity index (χ3n) is 7.54. The van der Waals surface area contributed by atoms with Gasteiger partial charge in [-0.05, 0) is 23.8 Å². The van der Waals surface area contributed by atoms with Crippen LogP contribution < -0.4 is 4.90 Å². The lowest BCUT2D eigenvalue weighted by Gasteiger charge is -2.35. The number of alkyl halides is 3. The largest absolute Gasteiger partial charge is 0.417 e. The average molecular weight is 516 g/mol. The number of hydrogen-bond acceptors (Lipinski definition) is 7. The molecule has 37 heavy (non-hydrogen) atoms. The summed E-state index contributed by atoms with van der Waals surface area (Å²) in [5.74, 6) is -3.95. The fourth-order valence-electron chi connectivity index (χ4n) is 6.04. The van der Waals surface area contributed by atoms with Gasteiger partial charge >= 0.3 is 6.18 Å². The number of aliphatic hydroxyl groups excluding tert-OH is 2. The summed E-state index contributed by atoms with van der Waals surface area (Å²) < 4.78 is 52.8. The molecule has 11 heteroatoms. The summed E-state index contributed by atoms with van der Waals surface area (Å²) in [7, 11) is 0. The van der Waals surface area contributed by atoms with E-state index in [0.717, 1.165) is 17.7 Å². The van der Waals surface area contributed by atoms with Gasteiger partial charge in [-0.25, -0.2) is 4.90 Å². The van der Waals surface area contributed by atoms with Gasteiger partial charge < -0.3 is 19.7 Å². The fourth-order valence-corrected chi connectivity index (χ4v) is 6.04. The van der Waals surface area contributed by atoms with Crippen LogP contribution in [0, 0.1) is 23.2 Å². The number of carbonyl (C=O) groups is 2. The number of nitriles is 1. The smallest absolute Gasteiger partial charge is 0.396 e. The van der Waals surface area contributed by atoms with Crippen molar-refractivity contribution in [2.75, 3.05) is 18.1 Å². The molecule has 3 fully saturated rings. The highest BCUT2D eigenvalue weighted by Crippen LogP contribution is 2.62. The molecule has 2 aromatic carbocycles. The summed E-state index contributed by atoms with van der Waals surface area (Å²) in [5, 5.41) is 29.8. The fraction of sp³-hybridized carbons (Fsp3) is 0.423. The quantitative estimate of drug-likeness (QED) is 0.543. The van der Waals surface area contributed by atoms with Crippen molar-refractivity contribution in [3.05, 3.63) is 65.2 Å². The molecular formula is C26H23F3N2O6. The predicted molar refractivity (Wildman–Crippen MR) is 121 cm³/mol. The van der Waals surface area contributed by atoms with Gasteiger partial charge in [-0.15, -0.1) is 0 Å². The van der Waals surface area contributed by atoms with E-state index in [0.29, 0.717) is 11.0 Å². The minimum atomic E-state index is -4.88. The zero-order valence-corrected chi connectivity index (χ0v) is 19.4. The van der Waals surface area contributed by atoms with Crippen molar-refractivity contribution >= 4 is 17.5 Å². The molecule has 5 rings (SSSR count). The number of carbonyl (C=O) groups excluding carboxylic acids is 2. The Balaban J connectivity index is 1.51. The lowest BCUT2D eigenvalue weighted by molar-refractivity contribution is -0.145. The monoisotopic (exact) mass is 516 g/mol. The summed E-state index contributed by atoms with van der Waals surface area (Å²) in [4.78, 5) is 28.0. The molecule has 0 saturated carbocycles. The van der Waals surface area contributed by atoms with E-state index in [1.165, 1.54) is 6.07 Å². The second kappa shape index (κ2) is 8.92. The zero-order valence-electron chi connectivity index (χ0n) is 19.4. The van der Waals surface area contributed by atoms with Crippen LogP contribution in [0.1, 0.15) is 29.5 Å². The van der Waals surface area contributed by atoms with E-state index in [1.54, 1.807) is 0 Å². The number of ether oxygens (including phenoxy) is 2. The number of hydrogen-bond donors (Lipinski definition) is 2. The maximum Gasteiger partial charge on any atom is 0.417 e. The molecule has 3 heterocycles. The molecule has 5 atom stereocenters. The summed E-state index contributed by atoms with van der Waals surface area (Å²) >= 11 is 0. The number of benzene rings is 2. The van der Waals surface area contributed by atoms with Crippen molar-refractivity contribution < 1.29 is 42.4 Å². The third-order valence-corrected chi connectivity index (χ3v) is 7.54. The maximum absolute atomic E-state index is 13.7. The van der Waals surface area contributed by atoms with Gasteiger partial charge in [0.05, 0.1) is 54.0 Å². The molecule has 8 nitrogen and oxygen atoms in total. The number of anilines is 1. The first-order chi connectivity index (χ1) is 17.6. The normalized spacial score (nSPS) is 30.6. The third kappa shape index (κ3) is 3.83. The van der Waals surface area contributed by atoms with Crippen molar-refractivity contribution in [2.45, 2.75) is 42.9 Å². The molecule has 3 aliphatic rings. The molecule has 194 valence electrons. The Kier molecular flexibility index (Phi) is 6.11. The molecule has 0 aromatic heterocycles. The second-order valence-corrected chi connectivity index (χ2v) is 9.60. The van der Waals surface area contributed by atoms with Crippen LogP contribution in [0.25, 0.3) is 0 Å². The lowest BCUT2D eigenvalue weighted by Crippen LogP contribution is -2.52. The Hall–Kier alpha value is -3.30. The van der Waals surface area contributed by atoms with Gasteiger partial charge in [0.1, 0.15) is 11.2 Å². The minimum absolute atomic E-state index is 0.0447. The highest BCUT2D eigenvalue weighted by Gasteiger charge is 2.78. The Bertz CT molecular complexity index is 1280. The predicted octanol–water partition coefficient (Wildman–Crippen LogP) is 2.55. The first-order valence-corrected chi connectivity index (χ1v) is 11.7. The summed E-state index contributed by atoms with van der Waals surface area (Å²) in [5.41, 5.74) is -4.39. The van der Waals surface area contributed by atoms with E-state index in [-0.39, 0.29) is 31.7 Å². The molecule has 0 unspecified atom stereocenters. The van der Waals surface area contributed by atoms with E-state index in [1.807, 2.05) is 30.3 Å². The number of fused-ring (bicyclic) bond motifs is 5. The van der Waals surface area contributed by atoms with Crippen molar-refractivity contribution in [1.82, 2.24) is 0 Å². The molecule has 0 spiro atoms. The van der Waals surface area contributed by atoms with Crippen LogP contribution in [0.2, 0.25) is 0 Å². The highest BCUT2D eigenvalue weighted by molar-refractivity contribution is 6.23. The molecule has 2 amide bonds. The SMILES string of the molecule is N#Cc1ccc(N2C(=O)[C@@H]3[C@H](C2=O)[C@@]2(COCc4ccccc4)C[C@H](O)[C@]3(CCO)O2)cc1C(F)(F)F. The minimum Gasteiger partial charge on any atom is -0.396 e. The second-order valence-electron chi connectivity index (χ2n) is 9.60. The molecular weight excluding hydrogens is 493 g/mol. The number of aliphatic hydroxyl groups is 2. The molecule has 2 aromatic rings. The number of amides is 2. The first-order valence-electron chi connectivity index (χ1n) is 11.7. The van der Waals surface area contributed by atoms with Gasteiger partial charge in [0.25, 0.3) is 0 Å². The van der Waals surface area contributed by atoms with Crippen LogP contribution in [-0.4, -0.2) is 52.5 Å². The molecule has 2 N–H and O–H groups in total. The van der Waals surface area contributed by atoms with E-state index in [4.69, 9.17) is 14.7 Å². The highest BCUT2D eigenvalue weighted by atomic mass is 19.4. The van der Waals surface area contributed by atoms with Gasteiger partial charge in [-0.2, -0.15) is 18.4 Å². The van der Waals surface area contributed by atoms with Gasteiger partial charge in [-0.1, -0.05) is 30.3 Å². The Morgan fingerprint density at radius 3 is 2.49 bits per heavy atom. The summed E-state index contributed by atoms with van der Waals surface area (Å²) in [6.07, 6.45) is -6.28. The van der Waals surface area contributed by atoms with Crippen LogP contribution in [-0.2, 0) is 31.8 Å². The molecule has 3 saturated heterocycles. The molecule has 3 aliphatic heterocycles. The number of rotatable bonds is 7. The van der Waals surface area contributed by atoms with E-state index in [9.17, 15) is 33.0 Å². The van der Waals surface area contributed by atoms with Gasteiger partial charge in [0.2, 0.25) is 11.8 Å². The number of imide groups is 1. The first kappa shape index (κ1) is 25.4. The number of nitrogens with zero attached hydrogens (tertiary/aromatic N) is 2. The topological polar surface area (TPSA) is 120 Å². The number of halogens is 3. The van der Waals surface area contributed by atoms with Crippen LogP contribution in [0.5, 0.6) is 0 Å². The van der Waals surface area contributed by atoms with Crippen LogP contribution in [0.3, 0.4) is 0 Å². The van der Waals surface area contributed by atoms with E-state index in [2.05, 4.69) is 0 Å². The van der Waals surface area contributed by atoms with Crippen molar-refractivity contribution in [3.63, 3.8) is 0 Å². The van der Waals surface area contributed by atoms with Gasteiger partial charge in [0, 0.05) is 19.4 Å². The maximum atomic E-state index is 13.7. The van der Waals surface area contributed by atoms with Crippen molar-refractivity contribution in [1.29, 1.82) is 5.26 Å². The Labute approximate surface area is 209 Å².